The molecule has 2 atom stereocenters. The van der Waals surface area contributed by atoms with E-state index < -0.39 is 30.9 Å². The molecule has 0 aliphatic carbocycles. The Labute approximate surface area is 101 Å². The first-order chi connectivity index (χ1) is 7.99. The highest BCUT2D eigenvalue weighted by Gasteiger charge is 2.17. The number of hydrogen-bond acceptors (Lipinski definition) is 6. The monoisotopic (exact) mass is 248 g/mol. The van der Waals surface area contributed by atoms with Gasteiger partial charge in [-0.15, -0.1) is 0 Å². The Hall–Kier alpha value is -1.14. The summed E-state index contributed by atoms with van der Waals surface area (Å²) in [6.45, 7) is 7.58. The van der Waals surface area contributed by atoms with E-state index in [2.05, 4.69) is 0 Å². The van der Waals surface area contributed by atoms with Crippen LogP contribution >= 0.6 is 0 Å². The van der Waals surface area contributed by atoms with Gasteiger partial charge in [0.1, 0.15) is 6.42 Å². The summed E-state index contributed by atoms with van der Waals surface area (Å²) in [6, 6.07) is 0. The third-order valence-electron chi connectivity index (χ3n) is 1.69. The van der Waals surface area contributed by atoms with Gasteiger partial charge in [0.15, 0.2) is 12.6 Å². The fourth-order valence-electron chi connectivity index (χ4n) is 1.11. The van der Waals surface area contributed by atoms with E-state index in [9.17, 15) is 9.59 Å². The van der Waals surface area contributed by atoms with Gasteiger partial charge in [-0.1, -0.05) is 0 Å². The highest BCUT2D eigenvalue weighted by atomic mass is 16.7. The van der Waals surface area contributed by atoms with Crippen LogP contribution in [0.25, 0.3) is 0 Å². The minimum absolute atomic E-state index is 0.431. The Morgan fingerprint density at radius 1 is 0.882 bits per heavy atom. The summed E-state index contributed by atoms with van der Waals surface area (Å²) >= 11 is 0. The molecule has 0 spiro atoms. The van der Waals surface area contributed by atoms with Crippen molar-refractivity contribution in [3.63, 3.8) is 0 Å². The van der Waals surface area contributed by atoms with E-state index in [4.69, 9.17) is 18.9 Å². The van der Waals surface area contributed by atoms with E-state index >= 15 is 0 Å². The second-order valence-electron chi connectivity index (χ2n) is 3.20. The molecule has 0 saturated heterocycles. The van der Waals surface area contributed by atoms with E-state index in [-0.39, 0.29) is 0 Å². The average Bonchev–Trinajstić information content (AvgIpc) is 2.16. The minimum Gasteiger partial charge on any atom is -0.436 e. The molecule has 0 bridgehead atoms. The zero-order chi connectivity index (χ0) is 13.3. The molecule has 0 fully saturated rings. The lowest BCUT2D eigenvalue weighted by Crippen LogP contribution is -2.24. The van der Waals surface area contributed by atoms with Gasteiger partial charge in [0.05, 0.1) is 0 Å². The van der Waals surface area contributed by atoms with Crippen LogP contribution in [0.2, 0.25) is 0 Å². The minimum atomic E-state index is -0.681. The second-order valence-corrected chi connectivity index (χ2v) is 3.20. The van der Waals surface area contributed by atoms with Crippen molar-refractivity contribution in [2.75, 3.05) is 13.2 Å². The van der Waals surface area contributed by atoms with Crippen molar-refractivity contribution in [1.82, 2.24) is 0 Å². The summed E-state index contributed by atoms with van der Waals surface area (Å²) in [6.07, 6.45) is -1.77. The van der Waals surface area contributed by atoms with E-state index in [0.29, 0.717) is 13.2 Å². The van der Waals surface area contributed by atoms with Crippen LogP contribution in [-0.4, -0.2) is 37.7 Å². The third kappa shape index (κ3) is 8.65. The molecule has 100 valence electrons. The number of esters is 2. The Balaban J connectivity index is 3.83. The first kappa shape index (κ1) is 15.9. The molecule has 0 amide bonds. The molecule has 0 saturated carbocycles. The molecule has 0 radical (unpaired) electrons. The lowest BCUT2D eigenvalue weighted by molar-refractivity contribution is -0.184. The Morgan fingerprint density at radius 2 is 1.24 bits per heavy atom. The lowest BCUT2D eigenvalue weighted by atomic mass is 10.4. The first-order valence-electron chi connectivity index (χ1n) is 5.61. The number of ether oxygens (including phenoxy) is 4. The highest BCUT2D eigenvalue weighted by molar-refractivity contribution is 5.91. The standard InChI is InChI=1S/C11H20O6/c1-5-14-8(3)16-10(12)7-11(13)17-9(4)15-6-2/h8-9H,5-7H2,1-4H3. The van der Waals surface area contributed by atoms with Gasteiger partial charge in [0.25, 0.3) is 0 Å². The predicted molar refractivity (Wildman–Crippen MR) is 59.0 cm³/mol. The van der Waals surface area contributed by atoms with E-state index in [1.54, 1.807) is 27.7 Å². The molecule has 0 rings (SSSR count). The summed E-state index contributed by atoms with van der Waals surface area (Å²) < 4.78 is 19.6. The number of carbonyl (C=O) groups excluding carboxylic acids is 2. The second kappa shape index (κ2) is 8.95. The molecule has 0 aliphatic heterocycles. The maximum Gasteiger partial charge on any atom is 0.319 e. The molecule has 0 aliphatic rings. The fourth-order valence-corrected chi connectivity index (χ4v) is 1.11. The van der Waals surface area contributed by atoms with Gasteiger partial charge < -0.3 is 18.9 Å². The van der Waals surface area contributed by atoms with Crippen molar-refractivity contribution in [3.8, 4) is 0 Å². The molecule has 17 heavy (non-hydrogen) atoms. The molecular weight excluding hydrogens is 228 g/mol. The molecular formula is C11H20O6. The van der Waals surface area contributed by atoms with Crippen molar-refractivity contribution < 1.29 is 28.5 Å². The molecule has 6 heteroatoms. The molecule has 6 nitrogen and oxygen atoms in total. The summed E-state index contributed by atoms with van der Waals surface area (Å²) in [5.41, 5.74) is 0. The van der Waals surface area contributed by atoms with Crippen LogP contribution in [-0.2, 0) is 28.5 Å². The maximum absolute atomic E-state index is 11.2. The third-order valence-corrected chi connectivity index (χ3v) is 1.69. The Morgan fingerprint density at radius 3 is 1.53 bits per heavy atom. The molecule has 0 heterocycles. The molecule has 0 aromatic rings. The SMILES string of the molecule is CCOC(C)OC(=O)CC(=O)OC(C)OCC. The molecule has 0 N–H and O–H groups in total. The average molecular weight is 248 g/mol. The van der Waals surface area contributed by atoms with E-state index in [0.717, 1.165) is 0 Å². The quantitative estimate of drug-likeness (QED) is 0.365. The lowest BCUT2D eigenvalue weighted by Gasteiger charge is -2.14. The van der Waals surface area contributed by atoms with E-state index in [1.807, 2.05) is 0 Å². The highest BCUT2D eigenvalue weighted by Crippen LogP contribution is 2.01. The molecule has 0 aromatic carbocycles. The topological polar surface area (TPSA) is 71.1 Å². The fraction of sp³-hybridized carbons (Fsp3) is 0.818. The Bertz CT molecular complexity index is 216. The molecule has 0 aromatic heterocycles. The van der Waals surface area contributed by atoms with Gasteiger partial charge >= 0.3 is 11.9 Å². The summed E-state index contributed by atoms with van der Waals surface area (Å²) in [5, 5.41) is 0. The van der Waals surface area contributed by atoms with Crippen LogP contribution in [0.1, 0.15) is 34.1 Å². The van der Waals surface area contributed by atoms with Crippen LogP contribution in [0, 0.1) is 0 Å². The maximum atomic E-state index is 11.2. The zero-order valence-corrected chi connectivity index (χ0v) is 10.7. The van der Waals surface area contributed by atoms with Crippen molar-refractivity contribution in [3.05, 3.63) is 0 Å². The van der Waals surface area contributed by atoms with Gasteiger partial charge in [-0.25, -0.2) is 0 Å². The molecule has 2 unspecified atom stereocenters. The van der Waals surface area contributed by atoms with Gasteiger partial charge in [0.2, 0.25) is 0 Å². The smallest absolute Gasteiger partial charge is 0.319 e. The number of hydrogen-bond donors (Lipinski definition) is 0. The van der Waals surface area contributed by atoms with Crippen LogP contribution in [0.3, 0.4) is 0 Å². The number of rotatable bonds is 8. The van der Waals surface area contributed by atoms with Crippen molar-refractivity contribution in [2.45, 2.75) is 46.7 Å². The van der Waals surface area contributed by atoms with Crippen LogP contribution in [0.5, 0.6) is 0 Å². The summed E-state index contributed by atoms with van der Waals surface area (Å²) in [7, 11) is 0. The first-order valence-corrected chi connectivity index (χ1v) is 5.61. The Kier molecular flexibility index (Phi) is 8.35. The van der Waals surface area contributed by atoms with Crippen LogP contribution in [0.4, 0.5) is 0 Å². The largest absolute Gasteiger partial charge is 0.436 e. The zero-order valence-electron chi connectivity index (χ0n) is 10.7. The normalized spacial score (nSPS) is 13.9. The van der Waals surface area contributed by atoms with E-state index in [1.165, 1.54) is 0 Å². The van der Waals surface area contributed by atoms with Gasteiger partial charge in [0, 0.05) is 13.2 Å². The van der Waals surface area contributed by atoms with Crippen LogP contribution < -0.4 is 0 Å². The van der Waals surface area contributed by atoms with Crippen LogP contribution in [0.15, 0.2) is 0 Å². The van der Waals surface area contributed by atoms with Gasteiger partial charge in [-0.05, 0) is 27.7 Å². The van der Waals surface area contributed by atoms with Crippen molar-refractivity contribution >= 4 is 11.9 Å². The van der Waals surface area contributed by atoms with Crippen molar-refractivity contribution in [2.24, 2.45) is 0 Å². The summed E-state index contributed by atoms with van der Waals surface area (Å²) in [5.74, 6) is -1.36. The summed E-state index contributed by atoms with van der Waals surface area (Å²) in [4.78, 5) is 22.5. The number of carbonyl (C=O) groups is 2. The predicted octanol–water partition coefficient (Wildman–Crippen LogP) is 1.23. The van der Waals surface area contributed by atoms with Gasteiger partial charge in [-0.2, -0.15) is 0 Å². The van der Waals surface area contributed by atoms with Crippen molar-refractivity contribution in [1.29, 1.82) is 0 Å². The van der Waals surface area contributed by atoms with Gasteiger partial charge in [-0.3, -0.25) is 9.59 Å².